The van der Waals surface area contributed by atoms with Crippen LogP contribution < -0.4 is 5.73 Å². The van der Waals surface area contributed by atoms with Gasteiger partial charge in [-0.2, -0.15) is 0 Å². The van der Waals surface area contributed by atoms with Gasteiger partial charge in [0.15, 0.2) is 5.69 Å². The molecule has 0 spiro atoms. The fraction of sp³-hybridized carbons (Fsp3) is 0.714. The number of hydrogen-bond acceptors (Lipinski definition) is 4. The number of imidazole rings is 1. The zero-order valence-electron chi connectivity index (χ0n) is 12.1. The summed E-state index contributed by atoms with van der Waals surface area (Å²) < 4.78 is 6.74. The molecule has 3 unspecified atom stereocenters. The molecule has 0 aromatic carbocycles. The van der Waals surface area contributed by atoms with Gasteiger partial charge in [-0.3, -0.25) is 0 Å². The van der Waals surface area contributed by atoms with Crippen molar-refractivity contribution in [2.45, 2.75) is 46.1 Å². The van der Waals surface area contributed by atoms with Crippen molar-refractivity contribution in [2.24, 2.45) is 11.8 Å². The van der Waals surface area contributed by atoms with E-state index >= 15 is 0 Å². The number of nitrogens with two attached hydrogens (primary N) is 1. The number of nitrogen functional groups attached to an aromatic ring is 1. The Labute approximate surface area is 114 Å². The molecule has 1 fully saturated rings. The van der Waals surface area contributed by atoms with Gasteiger partial charge in [-0.1, -0.05) is 13.8 Å². The zero-order valence-corrected chi connectivity index (χ0v) is 12.1. The lowest BCUT2D eigenvalue weighted by Crippen LogP contribution is -2.26. The van der Waals surface area contributed by atoms with E-state index in [0.717, 1.165) is 18.2 Å². The molecule has 0 amide bonds. The molecule has 0 radical (unpaired) electrons. The topological polar surface area (TPSA) is 70.1 Å². The molecule has 1 heterocycles. The average molecular weight is 265 g/mol. The fourth-order valence-electron chi connectivity index (χ4n) is 3.26. The second-order valence-corrected chi connectivity index (χ2v) is 5.72. The molecule has 1 saturated carbocycles. The van der Waals surface area contributed by atoms with Gasteiger partial charge in [0.1, 0.15) is 11.6 Å². The molecule has 0 aliphatic heterocycles. The van der Waals surface area contributed by atoms with Gasteiger partial charge in [0.25, 0.3) is 0 Å². The summed E-state index contributed by atoms with van der Waals surface area (Å²) in [6, 6.07) is 0.335. The van der Waals surface area contributed by atoms with Crippen LogP contribution >= 0.6 is 0 Å². The maximum absolute atomic E-state index is 11.6. The Morgan fingerprint density at radius 3 is 2.68 bits per heavy atom. The Morgan fingerprint density at radius 2 is 2.11 bits per heavy atom. The van der Waals surface area contributed by atoms with E-state index in [9.17, 15) is 4.79 Å². The third-order valence-electron chi connectivity index (χ3n) is 4.22. The molecule has 1 aromatic heterocycles. The summed E-state index contributed by atoms with van der Waals surface area (Å²) in [5.41, 5.74) is 6.35. The van der Waals surface area contributed by atoms with Crippen LogP contribution in [0.2, 0.25) is 0 Å². The Morgan fingerprint density at radius 1 is 1.42 bits per heavy atom. The van der Waals surface area contributed by atoms with Crippen molar-refractivity contribution < 1.29 is 9.53 Å². The van der Waals surface area contributed by atoms with E-state index < -0.39 is 5.97 Å². The van der Waals surface area contributed by atoms with Crippen molar-refractivity contribution in [3.05, 3.63) is 11.5 Å². The van der Waals surface area contributed by atoms with Gasteiger partial charge in [0, 0.05) is 6.04 Å². The summed E-state index contributed by atoms with van der Waals surface area (Å²) in [6.07, 6.45) is 3.47. The first-order valence-electron chi connectivity index (χ1n) is 6.88. The Bertz CT molecular complexity index is 481. The van der Waals surface area contributed by atoms with Crippen molar-refractivity contribution in [2.75, 3.05) is 12.8 Å². The maximum Gasteiger partial charge on any atom is 0.360 e. The third kappa shape index (κ3) is 2.46. The number of ether oxygens (including phenoxy) is 1. The second kappa shape index (κ2) is 5.23. The minimum atomic E-state index is -0.462. The number of aromatic nitrogens is 2. The Balaban J connectivity index is 2.35. The van der Waals surface area contributed by atoms with Gasteiger partial charge in [-0.05, 0) is 38.0 Å². The van der Waals surface area contributed by atoms with E-state index in [1.165, 1.54) is 20.0 Å². The minimum Gasteiger partial charge on any atom is -0.464 e. The highest BCUT2D eigenvalue weighted by atomic mass is 16.5. The first-order valence-corrected chi connectivity index (χ1v) is 6.88. The zero-order chi connectivity index (χ0) is 14.2. The van der Waals surface area contributed by atoms with E-state index in [-0.39, 0.29) is 5.69 Å². The van der Waals surface area contributed by atoms with Crippen LogP contribution in [-0.4, -0.2) is 22.6 Å². The molecule has 1 aliphatic rings. The van der Waals surface area contributed by atoms with E-state index in [1.54, 1.807) is 0 Å². The van der Waals surface area contributed by atoms with Crippen LogP contribution in [0.5, 0.6) is 0 Å². The number of nitrogens with zero attached hydrogens (tertiary/aromatic N) is 2. The number of carbonyl (C=O) groups excluding carboxylic acids is 1. The maximum atomic E-state index is 11.6. The Hall–Kier alpha value is -1.52. The summed E-state index contributed by atoms with van der Waals surface area (Å²) in [4.78, 5) is 15.9. The van der Waals surface area contributed by atoms with E-state index in [2.05, 4.69) is 18.8 Å². The molecular formula is C14H23N3O2. The quantitative estimate of drug-likeness (QED) is 0.834. The van der Waals surface area contributed by atoms with Crippen LogP contribution in [0.3, 0.4) is 0 Å². The fourth-order valence-corrected chi connectivity index (χ4v) is 3.26. The normalized spacial score (nSPS) is 27.3. The van der Waals surface area contributed by atoms with Gasteiger partial charge in [-0.25, -0.2) is 9.78 Å². The van der Waals surface area contributed by atoms with Crippen molar-refractivity contribution >= 4 is 11.8 Å². The minimum absolute atomic E-state index is 0.242. The molecule has 19 heavy (non-hydrogen) atoms. The van der Waals surface area contributed by atoms with Crippen LogP contribution in [0.4, 0.5) is 5.82 Å². The van der Waals surface area contributed by atoms with Crippen molar-refractivity contribution in [1.29, 1.82) is 0 Å². The molecule has 1 aliphatic carbocycles. The summed E-state index contributed by atoms with van der Waals surface area (Å²) in [6.45, 7) is 6.43. The third-order valence-corrected chi connectivity index (χ3v) is 4.22. The smallest absolute Gasteiger partial charge is 0.360 e. The summed E-state index contributed by atoms with van der Waals surface area (Å²) in [5, 5.41) is 0. The number of anilines is 1. The van der Waals surface area contributed by atoms with E-state index in [1.807, 2.05) is 11.5 Å². The first kappa shape index (κ1) is 13.9. The molecule has 0 bridgehead atoms. The monoisotopic (exact) mass is 265 g/mol. The predicted molar refractivity (Wildman–Crippen MR) is 73.9 cm³/mol. The van der Waals surface area contributed by atoms with Crippen LogP contribution in [-0.2, 0) is 4.74 Å². The highest BCUT2D eigenvalue weighted by molar-refractivity contribution is 5.92. The summed E-state index contributed by atoms with van der Waals surface area (Å²) >= 11 is 0. The molecule has 2 rings (SSSR count). The number of rotatable bonds is 2. The van der Waals surface area contributed by atoms with Crippen LogP contribution in [0.25, 0.3) is 0 Å². The molecule has 3 atom stereocenters. The number of esters is 1. The van der Waals surface area contributed by atoms with Crippen molar-refractivity contribution in [1.82, 2.24) is 9.55 Å². The molecule has 2 N–H and O–H groups in total. The predicted octanol–water partition coefficient (Wildman–Crippen LogP) is 2.56. The molecule has 1 aromatic rings. The lowest BCUT2D eigenvalue weighted by Gasteiger charge is -2.34. The van der Waals surface area contributed by atoms with Gasteiger partial charge in [0.2, 0.25) is 0 Å². The number of carbonyl (C=O) groups is 1. The number of hydrogen-bond donors (Lipinski definition) is 1. The van der Waals surface area contributed by atoms with E-state index in [4.69, 9.17) is 10.5 Å². The van der Waals surface area contributed by atoms with Crippen LogP contribution in [0.15, 0.2) is 0 Å². The molecule has 5 heteroatoms. The van der Waals surface area contributed by atoms with Gasteiger partial charge >= 0.3 is 5.97 Å². The lowest BCUT2D eigenvalue weighted by atomic mass is 9.79. The van der Waals surface area contributed by atoms with Gasteiger partial charge < -0.3 is 15.0 Å². The first-order chi connectivity index (χ1) is 8.95. The molecule has 5 nitrogen and oxygen atoms in total. The lowest BCUT2D eigenvalue weighted by molar-refractivity contribution is 0.0595. The summed E-state index contributed by atoms with van der Waals surface area (Å²) in [7, 11) is 1.35. The average Bonchev–Trinajstić information content (AvgIpc) is 2.65. The van der Waals surface area contributed by atoms with Crippen molar-refractivity contribution in [3.63, 3.8) is 0 Å². The highest BCUT2D eigenvalue weighted by Gasteiger charge is 2.31. The Kier molecular flexibility index (Phi) is 3.83. The van der Waals surface area contributed by atoms with Crippen LogP contribution in [0.1, 0.15) is 55.5 Å². The highest BCUT2D eigenvalue weighted by Crippen LogP contribution is 2.39. The summed E-state index contributed by atoms with van der Waals surface area (Å²) in [5.74, 6) is 2.08. The van der Waals surface area contributed by atoms with Crippen LogP contribution in [0, 0.1) is 18.8 Å². The standard InChI is InChI=1S/C14H23N3O2/c1-8-5-6-11(9(2)7-8)17-10(3)16-12(13(17)15)14(18)19-4/h8-9,11H,5-7,15H2,1-4H3. The van der Waals surface area contributed by atoms with Crippen molar-refractivity contribution in [3.8, 4) is 0 Å². The van der Waals surface area contributed by atoms with Gasteiger partial charge in [-0.15, -0.1) is 0 Å². The number of methoxy groups -OCH3 is 1. The molecular weight excluding hydrogens is 242 g/mol. The molecule has 0 saturated heterocycles. The van der Waals surface area contributed by atoms with E-state index in [0.29, 0.717) is 17.8 Å². The molecule has 106 valence electrons. The SMILES string of the molecule is COC(=O)c1nc(C)n(C2CCC(C)CC2C)c1N. The number of aryl methyl sites for hydroxylation is 1. The second-order valence-electron chi connectivity index (χ2n) is 5.72. The largest absolute Gasteiger partial charge is 0.464 e. The van der Waals surface area contributed by atoms with Gasteiger partial charge in [0.05, 0.1) is 7.11 Å².